The number of benzene rings is 1. The highest BCUT2D eigenvalue weighted by Crippen LogP contribution is 2.38. The van der Waals surface area contributed by atoms with E-state index in [4.69, 9.17) is 13.9 Å². The van der Waals surface area contributed by atoms with Gasteiger partial charge in [-0.3, -0.25) is 0 Å². The molecule has 0 aliphatic carbocycles. The third-order valence-corrected chi connectivity index (χ3v) is 3.29. The lowest BCUT2D eigenvalue weighted by Gasteiger charge is -2.07. The molecule has 0 radical (unpaired) electrons. The minimum Gasteiger partial charge on any atom is -0.496 e. The van der Waals surface area contributed by atoms with E-state index in [0.717, 1.165) is 33.8 Å². The molecule has 0 amide bonds. The summed E-state index contributed by atoms with van der Waals surface area (Å²) in [4.78, 5) is 0. The third-order valence-electron chi connectivity index (χ3n) is 3.29. The van der Waals surface area contributed by atoms with Crippen molar-refractivity contribution in [2.75, 3.05) is 21.3 Å². The van der Waals surface area contributed by atoms with E-state index < -0.39 is 0 Å². The molecule has 18 heavy (non-hydrogen) atoms. The maximum Gasteiger partial charge on any atom is 0.142 e. The molecule has 1 atom stereocenters. The summed E-state index contributed by atoms with van der Waals surface area (Å²) < 4.78 is 16.6. The standard InChI is InChI=1S/C14H19NO3/c1-8-13-11(17-5)6-10(16-4)7-12(13)18-14(8)9(2)15-3/h6-7,9,15H,1-5H3. The second kappa shape index (κ2) is 4.90. The first-order chi connectivity index (χ1) is 8.62. The summed E-state index contributed by atoms with van der Waals surface area (Å²) in [6.07, 6.45) is 0. The zero-order valence-electron chi connectivity index (χ0n) is 11.5. The van der Waals surface area contributed by atoms with E-state index in [-0.39, 0.29) is 6.04 Å². The van der Waals surface area contributed by atoms with Crippen LogP contribution in [0.1, 0.15) is 24.3 Å². The number of furan rings is 1. The first kappa shape index (κ1) is 12.8. The van der Waals surface area contributed by atoms with Crippen LogP contribution in [0, 0.1) is 6.92 Å². The van der Waals surface area contributed by atoms with Gasteiger partial charge in [0.05, 0.1) is 25.6 Å². The molecular formula is C14H19NO3. The molecule has 0 spiro atoms. The van der Waals surface area contributed by atoms with Gasteiger partial charge in [0.15, 0.2) is 0 Å². The molecule has 4 nitrogen and oxygen atoms in total. The van der Waals surface area contributed by atoms with Crippen LogP contribution in [0.4, 0.5) is 0 Å². The van der Waals surface area contributed by atoms with E-state index in [1.165, 1.54) is 0 Å². The normalized spacial score (nSPS) is 12.7. The molecular weight excluding hydrogens is 230 g/mol. The van der Waals surface area contributed by atoms with Gasteiger partial charge in [-0.25, -0.2) is 0 Å². The highest BCUT2D eigenvalue weighted by molar-refractivity contribution is 5.89. The second-order valence-corrected chi connectivity index (χ2v) is 4.30. The van der Waals surface area contributed by atoms with Crippen LogP contribution >= 0.6 is 0 Å². The number of fused-ring (bicyclic) bond motifs is 1. The van der Waals surface area contributed by atoms with E-state index in [2.05, 4.69) is 12.2 Å². The van der Waals surface area contributed by atoms with Gasteiger partial charge < -0.3 is 19.2 Å². The van der Waals surface area contributed by atoms with Crippen LogP contribution in [0.2, 0.25) is 0 Å². The van der Waals surface area contributed by atoms with Crippen molar-refractivity contribution in [3.05, 3.63) is 23.5 Å². The second-order valence-electron chi connectivity index (χ2n) is 4.30. The number of hydrogen-bond acceptors (Lipinski definition) is 4. The molecule has 0 aliphatic heterocycles. The van der Waals surface area contributed by atoms with Crippen molar-refractivity contribution in [3.8, 4) is 11.5 Å². The minimum absolute atomic E-state index is 0.160. The van der Waals surface area contributed by atoms with Gasteiger partial charge in [-0.15, -0.1) is 0 Å². The van der Waals surface area contributed by atoms with E-state index in [1.54, 1.807) is 14.2 Å². The maximum absolute atomic E-state index is 5.91. The summed E-state index contributed by atoms with van der Waals surface area (Å²) in [6.45, 7) is 4.11. The van der Waals surface area contributed by atoms with Crippen molar-refractivity contribution in [2.45, 2.75) is 19.9 Å². The predicted octanol–water partition coefficient (Wildman–Crippen LogP) is 3.04. The van der Waals surface area contributed by atoms with E-state index in [1.807, 2.05) is 26.1 Å². The molecule has 1 aromatic heterocycles. The predicted molar refractivity (Wildman–Crippen MR) is 71.5 cm³/mol. The maximum atomic E-state index is 5.91. The van der Waals surface area contributed by atoms with Gasteiger partial charge in [-0.05, 0) is 20.9 Å². The van der Waals surface area contributed by atoms with Crippen LogP contribution < -0.4 is 14.8 Å². The molecule has 2 aromatic rings. The number of aryl methyl sites for hydroxylation is 1. The fraction of sp³-hybridized carbons (Fsp3) is 0.429. The van der Waals surface area contributed by atoms with Gasteiger partial charge in [0.25, 0.3) is 0 Å². The average Bonchev–Trinajstić information content (AvgIpc) is 2.74. The Hall–Kier alpha value is -1.68. The van der Waals surface area contributed by atoms with Crippen molar-refractivity contribution in [1.82, 2.24) is 5.32 Å². The highest BCUT2D eigenvalue weighted by Gasteiger charge is 2.19. The molecule has 4 heteroatoms. The Labute approximate surface area is 107 Å². The zero-order valence-corrected chi connectivity index (χ0v) is 11.5. The van der Waals surface area contributed by atoms with Crippen molar-refractivity contribution < 1.29 is 13.9 Å². The fourth-order valence-electron chi connectivity index (χ4n) is 2.16. The zero-order chi connectivity index (χ0) is 13.3. The van der Waals surface area contributed by atoms with Gasteiger partial charge in [0.1, 0.15) is 22.8 Å². The van der Waals surface area contributed by atoms with Gasteiger partial charge in [0, 0.05) is 17.7 Å². The molecule has 0 saturated carbocycles. The van der Waals surface area contributed by atoms with Gasteiger partial charge >= 0.3 is 0 Å². The van der Waals surface area contributed by atoms with Crippen molar-refractivity contribution >= 4 is 11.0 Å². The summed E-state index contributed by atoms with van der Waals surface area (Å²) in [5.41, 5.74) is 1.90. The Morgan fingerprint density at radius 3 is 2.50 bits per heavy atom. The van der Waals surface area contributed by atoms with E-state index >= 15 is 0 Å². The lowest BCUT2D eigenvalue weighted by Crippen LogP contribution is -2.12. The monoisotopic (exact) mass is 249 g/mol. The van der Waals surface area contributed by atoms with Crippen LogP contribution in [-0.2, 0) is 0 Å². The van der Waals surface area contributed by atoms with Gasteiger partial charge in [0.2, 0.25) is 0 Å². The molecule has 98 valence electrons. The van der Waals surface area contributed by atoms with Crippen molar-refractivity contribution in [1.29, 1.82) is 0 Å². The smallest absolute Gasteiger partial charge is 0.142 e. The molecule has 1 N–H and O–H groups in total. The molecule has 1 aromatic carbocycles. The quantitative estimate of drug-likeness (QED) is 0.904. The highest BCUT2D eigenvalue weighted by atomic mass is 16.5. The molecule has 1 unspecified atom stereocenters. The molecule has 0 fully saturated rings. The molecule has 0 aliphatic rings. The number of methoxy groups -OCH3 is 2. The Kier molecular flexibility index (Phi) is 3.48. The summed E-state index contributed by atoms with van der Waals surface area (Å²) in [7, 11) is 5.20. The van der Waals surface area contributed by atoms with Gasteiger partial charge in [-0.1, -0.05) is 0 Å². The Bertz CT molecular complexity index is 560. The van der Waals surface area contributed by atoms with Crippen LogP contribution in [0.15, 0.2) is 16.5 Å². The molecule has 0 saturated heterocycles. The number of ether oxygens (including phenoxy) is 2. The number of hydrogen-bond donors (Lipinski definition) is 1. The van der Waals surface area contributed by atoms with Crippen LogP contribution in [-0.4, -0.2) is 21.3 Å². The summed E-state index contributed by atoms with van der Waals surface area (Å²) in [5.74, 6) is 2.44. The lowest BCUT2D eigenvalue weighted by molar-refractivity contribution is 0.396. The molecule has 0 bridgehead atoms. The van der Waals surface area contributed by atoms with E-state index in [0.29, 0.717) is 0 Å². The first-order valence-corrected chi connectivity index (χ1v) is 5.94. The third kappa shape index (κ3) is 1.93. The molecule has 2 rings (SSSR count). The SMILES string of the molecule is CNC(C)c1oc2cc(OC)cc(OC)c2c1C. The van der Waals surface area contributed by atoms with Crippen LogP contribution in [0.25, 0.3) is 11.0 Å². The van der Waals surface area contributed by atoms with Crippen LogP contribution in [0.3, 0.4) is 0 Å². The lowest BCUT2D eigenvalue weighted by atomic mass is 10.1. The van der Waals surface area contributed by atoms with Crippen molar-refractivity contribution in [3.63, 3.8) is 0 Å². The number of rotatable bonds is 4. The minimum atomic E-state index is 0.160. The van der Waals surface area contributed by atoms with Gasteiger partial charge in [-0.2, -0.15) is 0 Å². The molecule has 1 heterocycles. The van der Waals surface area contributed by atoms with E-state index in [9.17, 15) is 0 Å². The fourth-order valence-corrected chi connectivity index (χ4v) is 2.16. The topological polar surface area (TPSA) is 43.6 Å². The summed E-state index contributed by atoms with van der Waals surface area (Å²) in [5, 5.41) is 4.19. The summed E-state index contributed by atoms with van der Waals surface area (Å²) in [6, 6.07) is 3.92. The largest absolute Gasteiger partial charge is 0.496 e. The average molecular weight is 249 g/mol. The Balaban J connectivity index is 2.70. The Morgan fingerprint density at radius 2 is 1.94 bits per heavy atom. The first-order valence-electron chi connectivity index (χ1n) is 5.94. The summed E-state index contributed by atoms with van der Waals surface area (Å²) >= 11 is 0. The van der Waals surface area contributed by atoms with Crippen molar-refractivity contribution in [2.24, 2.45) is 0 Å². The van der Waals surface area contributed by atoms with Crippen LogP contribution in [0.5, 0.6) is 11.5 Å². The Morgan fingerprint density at radius 1 is 1.22 bits per heavy atom. The number of nitrogens with one attached hydrogen (secondary N) is 1.